The zero-order chi connectivity index (χ0) is 21.2. The van der Waals surface area contributed by atoms with Crippen molar-refractivity contribution in [1.82, 2.24) is 0 Å². The smallest absolute Gasteiger partial charge is 0.317 e. The van der Waals surface area contributed by atoms with Crippen molar-refractivity contribution in [1.29, 1.82) is 0 Å². The van der Waals surface area contributed by atoms with Crippen molar-refractivity contribution in [3.63, 3.8) is 0 Å². The first-order chi connectivity index (χ1) is 14.0. The highest BCUT2D eigenvalue weighted by molar-refractivity contribution is 5.91. The monoisotopic (exact) mass is 396 g/mol. The Kier molecular flexibility index (Phi) is 8.91. The van der Waals surface area contributed by atoms with Gasteiger partial charge in [0.1, 0.15) is 19.6 Å². The van der Waals surface area contributed by atoms with Crippen LogP contribution in [0.1, 0.15) is 67.5 Å². The van der Waals surface area contributed by atoms with E-state index >= 15 is 0 Å². The normalized spacial score (nSPS) is 10.6. The Morgan fingerprint density at radius 2 is 1.00 bits per heavy atom. The molecule has 2 rings (SSSR count). The second-order valence-corrected chi connectivity index (χ2v) is 7.02. The summed E-state index contributed by atoms with van der Waals surface area (Å²) >= 11 is 0. The van der Waals surface area contributed by atoms with Crippen LogP contribution < -0.4 is 0 Å². The molecule has 0 radical (unpaired) electrons. The predicted octanol–water partition coefficient (Wildman–Crippen LogP) is 5.11. The lowest BCUT2D eigenvalue weighted by molar-refractivity contribution is -0.156. The molecule has 0 atom stereocenters. The van der Waals surface area contributed by atoms with E-state index in [1.807, 2.05) is 24.3 Å². The quantitative estimate of drug-likeness (QED) is 0.413. The molecule has 4 heteroatoms. The Hall–Kier alpha value is -2.62. The molecule has 0 heterocycles. The molecule has 0 aliphatic rings. The fraction of sp³-hybridized carbons (Fsp3) is 0.440. The molecule has 0 unspecified atom stereocenters. The lowest BCUT2D eigenvalue weighted by Gasteiger charge is -2.14. The van der Waals surface area contributed by atoms with Crippen LogP contribution >= 0.6 is 0 Å². The maximum absolute atomic E-state index is 12.1. The number of hydrogen-bond donors (Lipinski definition) is 0. The Labute approximate surface area is 174 Å². The highest BCUT2D eigenvalue weighted by Crippen LogP contribution is 2.19. The van der Waals surface area contributed by atoms with Gasteiger partial charge in [-0.3, -0.25) is 9.59 Å². The summed E-state index contributed by atoms with van der Waals surface area (Å²) in [6.07, 6.45) is 3.28. The number of rotatable bonds is 10. The van der Waals surface area contributed by atoms with Crippen LogP contribution in [-0.2, 0) is 58.0 Å². The summed E-state index contributed by atoms with van der Waals surface area (Å²) in [4.78, 5) is 24.2. The Morgan fingerprint density at radius 3 is 1.34 bits per heavy atom. The number of carbonyl (C=O) groups is 2. The second-order valence-electron chi connectivity index (χ2n) is 7.02. The van der Waals surface area contributed by atoms with Crippen molar-refractivity contribution in [3.05, 3.63) is 69.8 Å². The summed E-state index contributed by atoms with van der Waals surface area (Å²) in [5.41, 5.74) is 6.96. The van der Waals surface area contributed by atoms with Gasteiger partial charge in [0.25, 0.3) is 0 Å². The van der Waals surface area contributed by atoms with E-state index in [1.165, 1.54) is 22.3 Å². The van der Waals surface area contributed by atoms with Gasteiger partial charge in [-0.05, 0) is 59.1 Å². The van der Waals surface area contributed by atoms with Crippen LogP contribution in [0.5, 0.6) is 0 Å². The van der Waals surface area contributed by atoms with E-state index in [0.717, 1.165) is 36.8 Å². The van der Waals surface area contributed by atoms with Gasteiger partial charge >= 0.3 is 11.9 Å². The number of esters is 2. The third kappa shape index (κ3) is 6.18. The lowest BCUT2D eigenvalue weighted by atomic mass is 9.97. The van der Waals surface area contributed by atoms with Gasteiger partial charge in [-0.1, -0.05) is 64.1 Å². The molecular weight excluding hydrogens is 364 g/mol. The van der Waals surface area contributed by atoms with Crippen LogP contribution in [-0.4, -0.2) is 11.9 Å². The molecule has 0 amide bonds. The number of aryl methyl sites for hydroxylation is 2. The average Bonchev–Trinajstić information content (AvgIpc) is 2.75. The van der Waals surface area contributed by atoms with E-state index in [-0.39, 0.29) is 19.6 Å². The minimum Gasteiger partial charge on any atom is -0.460 e. The number of hydrogen-bond acceptors (Lipinski definition) is 4. The zero-order valence-electron chi connectivity index (χ0n) is 18.0. The second kappa shape index (κ2) is 11.4. The fourth-order valence-corrected chi connectivity index (χ4v) is 3.75. The summed E-state index contributed by atoms with van der Waals surface area (Å²) < 4.78 is 10.7. The first kappa shape index (κ1) is 22.7. The average molecular weight is 397 g/mol. The molecule has 0 saturated carbocycles. The van der Waals surface area contributed by atoms with Gasteiger partial charge in [-0.2, -0.15) is 0 Å². The van der Waals surface area contributed by atoms with Crippen molar-refractivity contribution in [2.45, 2.75) is 73.0 Å². The molecule has 2 aromatic carbocycles. The standard InChI is InChI=1S/C25H32O4/c1-5-18-11-9-13-20(22(18)7-3)16-28-24(26)15-25(27)29-17-21-14-10-12-19(6-2)23(21)8-4/h9-14H,5-8,15-17H2,1-4H3. The topological polar surface area (TPSA) is 52.6 Å². The van der Waals surface area contributed by atoms with Crippen molar-refractivity contribution in [3.8, 4) is 0 Å². The van der Waals surface area contributed by atoms with Gasteiger partial charge in [0.15, 0.2) is 0 Å². The maximum Gasteiger partial charge on any atom is 0.317 e. The third-order valence-electron chi connectivity index (χ3n) is 5.28. The Bertz CT molecular complexity index is 769. The Balaban J connectivity index is 1.88. The highest BCUT2D eigenvalue weighted by atomic mass is 16.6. The molecular formula is C25H32O4. The van der Waals surface area contributed by atoms with Gasteiger partial charge in [-0.15, -0.1) is 0 Å². The molecule has 29 heavy (non-hydrogen) atoms. The summed E-state index contributed by atoms with van der Waals surface area (Å²) in [5, 5.41) is 0. The van der Waals surface area contributed by atoms with Crippen LogP contribution in [0.15, 0.2) is 36.4 Å². The van der Waals surface area contributed by atoms with Crippen LogP contribution in [0.3, 0.4) is 0 Å². The van der Waals surface area contributed by atoms with Crippen LogP contribution in [0.2, 0.25) is 0 Å². The summed E-state index contributed by atoms with van der Waals surface area (Å²) in [6, 6.07) is 12.1. The van der Waals surface area contributed by atoms with Gasteiger partial charge in [0, 0.05) is 0 Å². The third-order valence-corrected chi connectivity index (χ3v) is 5.28. The van der Waals surface area contributed by atoms with Crippen molar-refractivity contribution < 1.29 is 19.1 Å². The minimum absolute atomic E-state index is 0.182. The molecule has 0 N–H and O–H groups in total. The van der Waals surface area contributed by atoms with Crippen molar-refractivity contribution >= 4 is 11.9 Å². The molecule has 0 aliphatic heterocycles. The lowest BCUT2D eigenvalue weighted by Crippen LogP contribution is -2.15. The molecule has 0 saturated heterocycles. The molecule has 0 aromatic heterocycles. The summed E-state index contributed by atoms with van der Waals surface area (Å²) in [5.74, 6) is -1.12. The molecule has 0 bridgehead atoms. The van der Waals surface area contributed by atoms with Gasteiger partial charge < -0.3 is 9.47 Å². The number of ether oxygens (including phenoxy) is 2. The maximum atomic E-state index is 12.1. The first-order valence-electron chi connectivity index (χ1n) is 10.5. The molecule has 0 fully saturated rings. The van der Waals surface area contributed by atoms with E-state index in [4.69, 9.17) is 9.47 Å². The zero-order valence-corrected chi connectivity index (χ0v) is 18.0. The van der Waals surface area contributed by atoms with Crippen molar-refractivity contribution in [2.24, 2.45) is 0 Å². The SMILES string of the molecule is CCc1cccc(COC(=O)CC(=O)OCc2cccc(CC)c2CC)c1CC. The molecule has 156 valence electrons. The summed E-state index contributed by atoms with van der Waals surface area (Å²) in [6.45, 7) is 8.77. The van der Waals surface area contributed by atoms with Gasteiger partial charge in [-0.25, -0.2) is 0 Å². The Morgan fingerprint density at radius 1 is 0.621 bits per heavy atom. The number of benzene rings is 2. The van der Waals surface area contributed by atoms with Crippen LogP contribution in [0.4, 0.5) is 0 Å². The van der Waals surface area contributed by atoms with E-state index in [0.29, 0.717) is 0 Å². The van der Waals surface area contributed by atoms with E-state index in [9.17, 15) is 9.59 Å². The van der Waals surface area contributed by atoms with Gasteiger partial charge in [0.2, 0.25) is 0 Å². The molecule has 0 aliphatic carbocycles. The summed E-state index contributed by atoms with van der Waals surface area (Å²) in [7, 11) is 0. The number of carbonyl (C=O) groups excluding carboxylic acids is 2. The first-order valence-corrected chi connectivity index (χ1v) is 10.5. The van der Waals surface area contributed by atoms with Crippen LogP contribution in [0, 0.1) is 0 Å². The van der Waals surface area contributed by atoms with E-state index in [2.05, 4.69) is 39.8 Å². The van der Waals surface area contributed by atoms with Crippen LogP contribution in [0.25, 0.3) is 0 Å². The van der Waals surface area contributed by atoms with Gasteiger partial charge in [0.05, 0.1) is 0 Å². The van der Waals surface area contributed by atoms with E-state index < -0.39 is 11.9 Å². The molecule has 2 aromatic rings. The highest BCUT2D eigenvalue weighted by Gasteiger charge is 2.15. The van der Waals surface area contributed by atoms with Crippen molar-refractivity contribution in [2.75, 3.05) is 0 Å². The largest absolute Gasteiger partial charge is 0.460 e. The predicted molar refractivity (Wildman–Crippen MR) is 115 cm³/mol. The fourth-order valence-electron chi connectivity index (χ4n) is 3.75. The van der Waals surface area contributed by atoms with E-state index in [1.54, 1.807) is 0 Å². The molecule has 0 spiro atoms. The molecule has 4 nitrogen and oxygen atoms in total. The minimum atomic E-state index is -0.558.